The Balaban J connectivity index is 1.47. The van der Waals surface area contributed by atoms with E-state index in [0.29, 0.717) is 24.6 Å². The number of urea groups is 1. The molecule has 122 valence electrons. The first kappa shape index (κ1) is 15.4. The van der Waals surface area contributed by atoms with Crippen LogP contribution in [0.5, 0.6) is 5.75 Å². The summed E-state index contributed by atoms with van der Waals surface area (Å²) in [5.41, 5.74) is 1.59. The number of furan rings is 1. The van der Waals surface area contributed by atoms with Crippen molar-refractivity contribution < 1.29 is 18.7 Å². The summed E-state index contributed by atoms with van der Waals surface area (Å²) in [6.07, 6.45) is 5.47. The van der Waals surface area contributed by atoms with Gasteiger partial charge in [-0.3, -0.25) is 0 Å². The molecule has 1 aromatic heterocycles. The third-order valence-electron chi connectivity index (χ3n) is 3.58. The summed E-state index contributed by atoms with van der Waals surface area (Å²) in [6.45, 7) is 1.76. The van der Waals surface area contributed by atoms with E-state index in [9.17, 15) is 4.79 Å². The van der Waals surface area contributed by atoms with Crippen molar-refractivity contribution in [2.24, 2.45) is 0 Å². The van der Waals surface area contributed by atoms with Gasteiger partial charge in [0.05, 0.1) is 18.6 Å². The molecule has 1 aromatic carbocycles. The lowest BCUT2D eigenvalue weighted by Crippen LogP contribution is -2.28. The van der Waals surface area contributed by atoms with Crippen LogP contribution in [0.15, 0.2) is 47.3 Å². The topological polar surface area (TPSA) is 72.7 Å². The number of nitrogens with one attached hydrogen (secondary N) is 2. The molecule has 0 bridgehead atoms. The summed E-state index contributed by atoms with van der Waals surface area (Å²) in [5, 5.41) is 5.54. The molecule has 1 aliphatic rings. The number of rotatable bonds is 6. The highest BCUT2D eigenvalue weighted by molar-refractivity contribution is 5.89. The van der Waals surface area contributed by atoms with Crippen LogP contribution in [-0.4, -0.2) is 25.3 Å². The lowest BCUT2D eigenvalue weighted by atomic mass is 10.2. The monoisotopic (exact) mass is 316 g/mol. The van der Waals surface area contributed by atoms with E-state index in [-0.39, 0.29) is 12.1 Å². The normalized spacial score (nSPS) is 17.0. The van der Waals surface area contributed by atoms with Crippen LogP contribution in [0.1, 0.15) is 18.4 Å². The zero-order valence-corrected chi connectivity index (χ0v) is 12.8. The van der Waals surface area contributed by atoms with Crippen molar-refractivity contribution in [1.82, 2.24) is 5.32 Å². The molecule has 0 aliphatic carbocycles. The summed E-state index contributed by atoms with van der Waals surface area (Å²) in [5.74, 6) is 0.716. The molecule has 0 radical (unpaired) electrons. The third kappa shape index (κ3) is 4.75. The molecule has 0 saturated carbocycles. The average molecular weight is 316 g/mol. The predicted molar refractivity (Wildman–Crippen MR) is 85.5 cm³/mol. The standard InChI is InChI=1S/C17H20N2O4/c20-17(18-10-13-6-8-21-11-13)19-14-3-1-4-15(9-14)23-12-16-5-2-7-22-16/h1,3-4,6,8-9,11,16H,2,5,7,10,12H2,(H2,18,19,20)/t16-/m1/s1. The second-order valence-corrected chi connectivity index (χ2v) is 5.41. The molecule has 6 heteroatoms. The summed E-state index contributed by atoms with van der Waals surface area (Å²) in [6, 6.07) is 8.85. The second-order valence-electron chi connectivity index (χ2n) is 5.41. The Bertz CT molecular complexity index is 621. The molecule has 1 saturated heterocycles. The van der Waals surface area contributed by atoms with E-state index < -0.39 is 0 Å². The lowest BCUT2D eigenvalue weighted by molar-refractivity contribution is 0.0680. The number of benzene rings is 1. The van der Waals surface area contributed by atoms with Crippen molar-refractivity contribution in [3.05, 3.63) is 48.4 Å². The first-order valence-corrected chi connectivity index (χ1v) is 7.70. The van der Waals surface area contributed by atoms with Gasteiger partial charge in [-0.15, -0.1) is 0 Å². The van der Waals surface area contributed by atoms with Gasteiger partial charge in [0.15, 0.2) is 0 Å². The summed E-state index contributed by atoms with van der Waals surface area (Å²) in [4.78, 5) is 11.9. The van der Waals surface area contributed by atoms with Crippen LogP contribution >= 0.6 is 0 Å². The lowest BCUT2D eigenvalue weighted by Gasteiger charge is -2.12. The average Bonchev–Trinajstić information content (AvgIpc) is 3.25. The molecule has 2 amide bonds. The van der Waals surface area contributed by atoms with Gasteiger partial charge in [0, 0.05) is 30.5 Å². The Labute approximate surface area is 134 Å². The van der Waals surface area contributed by atoms with Crippen molar-refractivity contribution in [2.45, 2.75) is 25.5 Å². The van der Waals surface area contributed by atoms with Gasteiger partial charge in [-0.1, -0.05) is 6.07 Å². The Morgan fingerprint density at radius 1 is 1.35 bits per heavy atom. The van der Waals surface area contributed by atoms with Crippen molar-refractivity contribution in [3.8, 4) is 5.75 Å². The fourth-order valence-corrected chi connectivity index (χ4v) is 2.38. The molecule has 0 unspecified atom stereocenters. The molecule has 0 spiro atoms. The molecule has 2 heterocycles. The highest BCUT2D eigenvalue weighted by Gasteiger charge is 2.16. The van der Waals surface area contributed by atoms with Crippen LogP contribution in [0.4, 0.5) is 10.5 Å². The SMILES string of the molecule is O=C(NCc1ccoc1)Nc1cccc(OC[C@H]2CCCO2)c1. The van der Waals surface area contributed by atoms with Gasteiger partial charge in [-0.25, -0.2) is 4.79 Å². The maximum absolute atomic E-state index is 11.9. The second kappa shape index (κ2) is 7.69. The molecular formula is C17H20N2O4. The van der Waals surface area contributed by atoms with Crippen LogP contribution in [-0.2, 0) is 11.3 Å². The van der Waals surface area contributed by atoms with Gasteiger partial charge in [0.2, 0.25) is 0 Å². The van der Waals surface area contributed by atoms with E-state index >= 15 is 0 Å². The minimum Gasteiger partial charge on any atom is -0.491 e. The number of ether oxygens (including phenoxy) is 2. The van der Waals surface area contributed by atoms with Crippen LogP contribution in [0.25, 0.3) is 0 Å². The Kier molecular flexibility index (Phi) is 5.16. The molecule has 6 nitrogen and oxygen atoms in total. The highest BCUT2D eigenvalue weighted by Crippen LogP contribution is 2.19. The Morgan fingerprint density at radius 3 is 3.09 bits per heavy atom. The minimum atomic E-state index is -0.275. The number of hydrogen-bond donors (Lipinski definition) is 2. The molecule has 1 atom stereocenters. The molecule has 1 aliphatic heterocycles. The smallest absolute Gasteiger partial charge is 0.319 e. The van der Waals surface area contributed by atoms with Gasteiger partial charge in [0.25, 0.3) is 0 Å². The van der Waals surface area contributed by atoms with E-state index in [1.807, 2.05) is 18.2 Å². The molecule has 23 heavy (non-hydrogen) atoms. The predicted octanol–water partition coefficient (Wildman–Crippen LogP) is 3.16. The van der Waals surface area contributed by atoms with Gasteiger partial charge >= 0.3 is 6.03 Å². The van der Waals surface area contributed by atoms with Crippen molar-refractivity contribution >= 4 is 11.7 Å². The largest absolute Gasteiger partial charge is 0.491 e. The summed E-state index contributed by atoms with van der Waals surface area (Å²) >= 11 is 0. The number of amides is 2. The fraction of sp³-hybridized carbons (Fsp3) is 0.353. The van der Waals surface area contributed by atoms with E-state index in [2.05, 4.69) is 10.6 Å². The number of carbonyl (C=O) groups excluding carboxylic acids is 1. The van der Waals surface area contributed by atoms with Crippen LogP contribution < -0.4 is 15.4 Å². The molecular weight excluding hydrogens is 296 g/mol. The first-order valence-electron chi connectivity index (χ1n) is 7.70. The molecule has 2 aromatic rings. The maximum Gasteiger partial charge on any atom is 0.319 e. The zero-order chi connectivity index (χ0) is 15.9. The van der Waals surface area contributed by atoms with Crippen LogP contribution in [0.3, 0.4) is 0 Å². The van der Waals surface area contributed by atoms with Gasteiger partial charge in [-0.05, 0) is 31.0 Å². The number of carbonyl (C=O) groups is 1. The van der Waals surface area contributed by atoms with E-state index in [4.69, 9.17) is 13.9 Å². The fourth-order valence-electron chi connectivity index (χ4n) is 2.38. The zero-order valence-electron chi connectivity index (χ0n) is 12.8. The third-order valence-corrected chi connectivity index (χ3v) is 3.58. The Morgan fingerprint density at radius 2 is 2.30 bits per heavy atom. The van der Waals surface area contributed by atoms with E-state index in [1.54, 1.807) is 24.7 Å². The van der Waals surface area contributed by atoms with E-state index in [0.717, 1.165) is 25.0 Å². The quantitative estimate of drug-likeness (QED) is 0.858. The molecule has 1 fully saturated rings. The molecule has 2 N–H and O–H groups in total. The van der Waals surface area contributed by atoms with Gasteiger partial charge in [0.1, 0.15) is 12.4 Å². The summed E-state index contributed by atoms with van der Waals surface area (Å²) < 4.78 is 16.2. The number of hydrogen-bond acceptors (Lipinski definition) is 4. The van der Waals surface area contributed by atoms with Crippen LogP contribution in [0.2, 0.25) is 0 Å². The Hall–Kier alpha value is -2.47. The maximum atomic E-state index is 11.9. The summed E-state index contributed by atoms with van der Waals surface area (Å²) in [7, 11) is 0. The van der Waals surface area contributed by atoms with Crippen molar-refractivity contribution in [3.63, 3.8) is 0 Å². The van der Waals surface area contributed by atoms with E-state index in [1.165, 1.54) is 0 Å². The van der Waals surface area contributed by atoms with Gasteiger partial charge in [-0.2, -0.15) is 0 Å². The first-order chi connectivity index (χ1) is 11.3. The molecule has 3 rings (SSSR count). The highest BCUT2D eigenvalue weighted by atomic mass is 16.5. The van der Waals surface area contributed by atoms with Crippen LogP contribution in [0, 0.1) is 0 Å². The number of anilines is 1. The van der Waals surface area contributed by atoms with Crippen molar-refractivity contribution in [2.75, 3.05) is 18.5 Å². The van der Waals surface area contributed by atoms with Crippen molar-refractivity contribution in [1.29, 1.82) is 0 Å². The van der Waals surface area contributed by atoms with Gasteiger partial charge < -0.3 is 24.5 Å². The minimum absolute atomic E-state index is 0.171.